The van der Waals surface area contributed by atoms with Gasteiger partial charge in [0, 0.05) is 32.3 Å². The van der Waals surface area contributed by atoms with Gasteiger partial charge in [0.25, 0.3) is 0 Å². The zero-order valence-electron chi connectivity index (χ0n) is 11.5. The third-order valence-corrected chi connectivity index (χ3v) is 2.62. The quantitative estimate of drug-likeness (QED) is 0.610. The Bertz CT molecular complexity index is 192. The Labute approximate surface area is 101 Å². The lowest BCUT2D eigenvalue weighted by molar-refractivity contribution is 0.108. The van der Waals surface area contributed by atoms with E-state index in [1.165, 1.54) is 5.57 Å². The van der Waals surface area contributed by atoms with Crippen LogP contribution in [-0.2, 0) is 4.74 Å². The van der Waals surface area contributed by atoms with Crippen molar-refractivity contribution in [1.82, 2.24) is 10.2 Å². The SMILES string of the molecule is C=C(CNC(C)C)CN(CC)C(C)COC. The van der Waals surface area contributed by atoms with Gasteiger partial charge in [-0.15, -0.1) is 0 Å². The second kappa shape index (κ2) is 8.74. The van der Waals surface area contributed by atoms with E-state index in [4.69, 9.17) is 4.74 Å². The van der Waals surface area contributed by atoms with Gasteiger partial charge < -0.3 is 10.1 Å². The first-order chi connectivity index (χ1) is 7.51. The topological polar surface area (TPSA) is 24.5 Å². The van der Waals surface area contributed by atoms with Crippen LogP contribution in [0.4, 0.5) is 0 Å². The molecule has 96 valence electrons. The number of ether oxygens (including phenoxy) is 1. The molecule has 1 unspecified atom stereocenters. The molecule has 0 aromatic heterocycles. The molecule has 3 heteroatoms. The Kier molecular flexibility index (Phi) is 8.53. The van der Waals surface area contributed by atoms with E-state index in [2.05, 4.69) is 44.5 Å². The molecule has 0 saturated heterocycles. The number of nitrogens with zero attached hydrogens (tertiary/aromatic N) is 1. The van der Waals surface area contributed by atoms with Crippen LogP contribution in [0.2, 0.25) is 0 Å². The van der Waals surface area contributed by atoms with Crippen molar-refractivity contribution >= 4 is 0 Å². The Hall–Kier alpha value is -0.380. The van der Waals surface area contributed by atoms with Gasteiger partial charge in [0.2, 0.25) is 0 Å². The standard InChI is InChI=1S/C13H28N2O/c1-7-15(13(5)10-16-6)9-12(4)8-14-11(2)3/h11,13-14H,4,7-10H2,1-3,5-6H3. The summed E-state index contributed by atoms with van der Waals surface area (Å²) in [6.45, 7) is 16.4. The maximum absolute atomic E-state index is 5.18. The molecule has 16 heavy (non-hydrogen) atoms. The van der Waals surface area contributed by atoms with Crippen molar-refractivity contribution < 1.29 is 4.74 Å². The van der Waals surface area contributed by atoms with E-state index in [9.17, 15) is 0 Å². The van der Waals surface area contributed by atoms with E-state index in [0.29, 0.717) is 12.1 Å². The van der Waals surface area contributed by atoms with Crippen LogP contribution in [0.5, 0.6) is 0 Å². The minimum absolute atomic E-state index is 0.450. The molecule has 0 amide bonds. The van der Waals surface area contributed by atoms with Crippen LogP contribution in [0.25, 0.3) is 0 Å². The van der Waals surface area contributed by atoms with Gasteiger partial charge in [-0.1, -0.05) is 27.4 Å². The maximum atomic E-state index is 5.18. The molecule has 0 aliphatic carbocycles. The van der Waals surface area contributed by atoms with Crippen molar-refractivity contribution in [3.63, 3.8) is 0 Å². The highest BCUT2D eigenvalue weighted by atomic mass is 16.5. The lowest BCUT2D eigenvalue weighted by atomic mass is 10.2. The number of likely N-dealkylation sites (N-methyl/N-ethyl adjacent to an activating group) is 1. The fraction of sp³-hybridized carbons (Fsp3) is 0.846. The minimum atomic E-state index is 0.450. The number of hydrogen-bond donors (Lipinski definition) is 1. The zero-order valence-corrected chi connectivity index (χ0v) is 11.5. The van der Waals surface area contributed by atoms with Crippen LogP contribution >= 0.6 is 0 Å². The first kappa shape index (κ1) is 15.6. The second-order valence-electron chi connectivity index (χ2n) is 4.65. The summed E-state index contributed by atoms with van der Waals surface area (Å²) < 4.78 is 5.18. The van der Waals surface area contributed by atoms with Crippen LogP contribution < -0.4 is 5.32 Å². The highest BCUT2D eigenvalue weighted by Crippen LogP contribution is 2.03. The van der Waals surface area contributed by atoms with Crippen molar-refractivity contribution in [3.05, 3.63) is 12.2 Å². The van der Waals surface area contributed by atoms with Gasteiger partial charge in [-0.3, -0.25) is 4.90 Å². The van der Waals surface area contributed by atoms with E-state index in [0.717, 1.165) is 26.2 Å². The first-order valence-electron chi connectivity index (χ1n) is 6.14. The molecule has 3 nitrogen and oxygen atoms in total. The average Bonchev–Trinajstić information content (AvgIpc) is 2.23. The van der Waals surface area contributed by atoms with Gasteiger partial charge in [-0.2, -0.15) is 0 Å². The predicted octanol–water partition coefficient (Wildman–Crippen LogP) is 1.90. The second-order valence-corrected chi connectivity index (χ2v) is 4.65. The van der Waals surface area contributed by atoms with Crippen molar-refractivity contribution in [3.8, 4) is 0 Å². The normalized spacial score (nSPS) is 13.4. The van der Waals surface area contributed by atoms with Crippen molar-refractivity contribution in [1.29, 1.82) is 0 Å². The average molecular weight is 228 g/mol. The summed E-state index contributed by atoms with van der Waals surface area (Å²) >= 11 is 0. The number of rotatable bonds is 9. The summed E-state index contributed by atoms with van der Waals surface area (Å²) in [6, 6.07) is 0.967. The number of methoxy groups -OCH3 is 1. The zero-order chi connectivity index (χ0) is 12.6. The van der Waals surface area contributed by atoms with Gasteiger partial charge >= 0.3 is 0 Å². The maximum Gasteiger partial charge on any atom is 0.0615 e. The number of hydrogen-bond acceptors (Lipinski definition) is 3. The predicted molar refractivity (Wildman–Crippen MR) is 70.9 cm³/mol. The van der Waals surface area contributed by atoms with Crippen LogP contribution in [0.1, 0.15) is 27.7 Å². The molecule has 0 aromatic rings. The molecule has 0 fully saturated rings. The fourth-order valence-corrected chi connectivity index (χ4v) is 1.62. The Morgan fingerprint density at radius 3 is 2.44 bits per heavy atom. The smallest absolute Gasteiger partial charge is 0.0615 e. The van der Waals surface area contributed by atoms with Crippen LogP contribution in [0, 0.1) is 0 Å². The number of nitrogens with one attached hydrogen (secondary N) is 1. The monoisotopic (exact) mass is 228 g/mol. The molecule has 0 radical (unpaired) electrons. The first-order valence-corrected chi connectivity index (χ1v) is 6.14. The van der Waals surface area contributed by atoms with Gasteiger partial charge in [0.05, 0.1) is 6.61 Å². The molecular formula is C13H28N2O. The fourth-order valence-electron chi connectivity index (χ4n) is 1.62. The largest absolute Gasteiger partial charge is 0.383 e. The summed E-state index contributed by atoms with van der Waals surface area (Å²) in [4.78, 5) is 2.38. The highest BCUT2D eigenvalue weighted by Gasteiger charge is 2.12. The van der Waals surface area contributed by atoms with Crippen molar-refractivity contribution in [2.24, 2.45) is 0 Å². The van der Waals surface area contributed by atoms with E-state index >= 15 is 0 Å². The van der Waals surface area contributed by atoms with Crippen molar-refractivity contribution in [2.45, 2.75) is 39.8 Å². The van der Waals surface area contributed by atoms with Gasteiger partial charge in [-0.25, -0.2) is 0 Å². The van der Waals surface area contributed by atoms with Crippen molar-refractivity contribution in [2.75, 3.05) is 33.4 Å². The molecule has 0 aliphatic rings. The molecule has 1 N–H and O–H groups in total. The minimum Gasteiger partial charge on any atom is -0.383 e. The Morgan fingerprint density at radius 1 is 1.38 bits per heavy atom. The third-order valence-electron chi connectivity index (χ3n) is 2.62. The summed E-state index contributed by atoms with van der Waals surface area (Å²) in [5.74, 6) is 0. The molecule has 1 atom stereocenters. The molecule has 0 spiro atoms. The van der Waals surface area contributed by atoms with Crippen LogP contribution in [-0.4, -0.2) is 50.3 Å². The Morgan fingerprint density at radius 2 is 2.00 bits per heavy atom. The lowest BCUT2D eigenvalue weighted by Gasteiger charge is -2.28. The molecule has 0 bridgehead atoms. The summed E-state index contributed by atoms with van der Waals surface area (Å²) in [6.07, 6.45) is 0. The summed E-state index contributed by atoms with van der Waals surface area (Å²) in [5, 5.41) is 3.39. The van der Waals surface area contributed by atoms with E-state index in [-0.39, 0.29) is 0 Å². The molecule has 0 saturated carbocycles. The highest BCUT2D eigenvalue weighted by molar-refractivity contribution is 5.00. The molecule has 0 heterocycles. The van der Waals surface area contributed by atoms with E-state index < -0.39 is 0 Å². The van der Waals surface area contributed by atoms with Crippen LogP contribution in [0.15, 0.2) is 12.2 Å². The lowest BCUT2D eigenvalue weighted by Crippen LogP contribution is -2.39. The molecule has 0 rings (SSSR count). The van der Waals surface area contributed by atoms with E-state index in [1.807, 2.05) is 0 Å². The summed E-state index contributed by atoms with van der Waals surface area (Å²) in [5.41, 5.74) is 1.23. The van der Waals surface area contributed by atoms with E-state index in [1.54, 1.807) is 7.11 Å². The van der Waals surface area contributed by atoms with Gasteiger partial charge in [0.1, 0.15) is 0 Å². The van der Waals surface area contributed by atoms with Gasteiger partial charge in [-0.05, 0) is 19.0 Å². The summed E-state index contributed by atoms with van der Waals surface area (Å²) in [7, 11) is 1.75. The van der Waals surface area contributed by atoms with Gasteiger partial charge in [0.15, 0.2) is 0 Å². The molecular weight excluding hydrogens is 200 g/mol. The Balaban J connectivity index is 3.96. The molecule has 0 aliphatic heterocycles. The third kappa shape index (κ3) is 6.99. The molecule has 0 aromatic carbocycles. The van der Waals surface area contributed by atoms with Crippen LogP contribution in [0.3, 0.4) is 0 Å².